The van der Waals surface area contributed by atoms with E-state index in [9.17, 15) is 9.59 Å². The summed E-state index contributed by atoms with van der Waals surface area (Å²) in [6.07, 6.45) is 0.975. The number of hydrogen-bond donors (Lipinski definition) is 0. The fourth-order valence-electron chi connectivity index (χ4n) is 4.55. The Morgan fingerprint density at radius 2 is 1.75 bits per heavy atom. The van der Waals surface area contributed by atoms with Crippen molar-refractivity contribution in [3.05, 3.63) is 81.5 Å². The SMILES string of the molecule is O=C1OC2(CCN(C(=O)c3sccc3Cl)CC2)CN1Cc1ccccc1-c1ccccc1. The van der Waals surface area contributed by atoms with Gasteiger partial charge in [0, 0.05) is 32.5 Å². The van der Waals surface area contributed by atoms with Gasteiger partial charge in [-0.1, -0.05) is 66.2 Å². The van der Waals surface area contributed by atoms with Gasteiger partial charge >= 0.3 is 6.09 Å². The normalized spacial score (nSPS) is 17.6. The van der Waals surface area contributed by atoms with Gasteiger partial charge in [-0.2, -0.15) is 0 Å². The molecule has 2 saturated heterocycles. The summed E-state index contributed by atoms with van der Waals surface area (Å²) < 4.78 is 5.89. The number of carbonyl (C=O) groups is 2. The van der Waals surface area contributed by atoms with Crippen LogP contribution in [0.2, 0.25) is 5.02 Å². The van der Waals surface area contributed by atoms with Gasteiger partial charge in [-0.15, -0.1) is 11.3 Å². The molecule has 0 saturated carbocycles. The second-order valence-corrected chi connectivity index (χ2v) is 9.64. The maximum Gasteiger partial charge on any atom is 0.410 e. The second kappa shape index (κ2) is 8.60. The third-order valence-corrected chi connectivity index (χ3v) is 7.61. The zero-order valence-electron chi connectivity index (χ0n) is 17.5. The minimum Gasteiger partial charge on any atom is -0.441 e. The molecule has 2 fully saturated rings. The molecule has 0 bridgehead atoms. The van der Waals surface area contributed by atoms with Crippen molar-refractivity contribution in [2.24, 2.45) is 0 Å². The fourth-order valence-corrected chi connectivity index (χ4v) is 5.65. The molecule has 0 N–H and O–H groups in total. The Morgan fingerprint density at radius 3 is 2.47 bits per heavy atom. The van der Waals surface area contributed by atoms with Crippen molar-refractivity contribution in [1.29, 1.82) is 0 Å². The molecule has 2 aliphatic rings. The second-order valence-electron chi connectivity index (χ2n) is 8.32. The van der Waals surface area contributed by atoms with Gasteiger partial charge in [0.1, 0.15) is 10.5 Å². The van der Waals surface area contributed by atoms with Gasteiger partial charge in [0.05, 0.1) is 11.6 Å². The highest BCUT2D eigenvalue weighted by molar-refractivity contribution is 7.12. The predicted molar refractivity (Wildman–Crippen MR) is 126 cm³/mol. The molecule has 0 atom stereocenters. The monoisotopic (exact) mass is 466 g/mol. The molecule has 3 heterocycles. The van der Waals surface area contributed by atoms with Crippen molar-refractivity contribution in [2.75, 3.05) is 19.6 Å². The van der Waals surface area contributed by atoms with Gasteiger partial charge in [-0.3, -0.25) is 9.69 Å². The van der Waals surface area contributed by atoms with E-state index in [0.29, 0.717) is 48.9 Å². The van der Waals surface area contributed by atoms with Crippen LogP contribution in [0.25, 0.3) is 11.1 Å². The van der Waals surface area contributed by atoms with E-state index in [-0.39, 0.29) is 12.0 Å². The van der Waals surface area contributed by atoms with Crippen LogP contribution in [0.15, 0.2) is 66.0 Å². The first-order valence-electron chi connectivity index (χ1n) is 10.7. The van der Waals surface area contributed by atoms with Crippen LogP contribution in [-0.2, 0) is 11.3 Å². The van der Waals surface area contributed by atoms with Gasteiger partial charge in [-0.25, -0.2) is 4.79 Å². The maximum atomic E-state index is 12.8. The minimum absolute atomic E-state index is 0.0437. The molecule has 0 unspecified atom stereocenters. The molecule has 7 heteroatoms. The number of ether oxygens (including phenoxy) is 1. The molecule has 0 radical (unpaired) electrons. The lowest BCUT2D eigenvalue weighted by atomic mass is 9.91. The van der Waals surface area contributed by atoms with Crippen LogP contribution in [0.1, 0.15) is 28.1 Å². The fraction of sp³-hybridized carbons (Fsp3) is 0.280. The average Bonchev–Trinajstić information content (AvgIpc) is 3.37. The number of benzene rings is 2. The Hall–Kier alpha value is -2.83. The van der Waals surface area contributed by atoms with Gasteiger partial charge in [-0.05, 0) is 28.1 Å². The largest absolute Gasteiger partial charge is 0.441 e. The summed E-state index contributed by atoms with van der Waals surface area (Å²) in [6, 6.07) is 20.1. The molecule has 2 amide bonds. The third kappa shape index (κ3) is 4.00. The van der Waals surface area contributed by atoms with Crippen molar-refractivity contribution in [2.45, 2.75) is 25.0 Å². The first-order chi connectivity index (χ1) is 15.5. The zero-order valence-corrected chi connectivity index (χ0v) is 19.1. The first-order valence-corrected chi connectivity index (χ1v) is 11.9. The molecule has 2 aliphatic heterocycles. The van der Waals surface area contributed by atoms with Crippen molar-refractivity contribution in [3.8, 4) is 11.1 Å². The molecule has 32 heavy (non-hydrogen) atoms. The molecule has 2 aromatic carbocycles. The number of nitrogens with zero attached hydrogens (tertiary/aromatic N) is 2. The summed E-state index contributed by atoms with van der Waals surface area (Å²) in [5.74, 6) is -0.0437. The number of amides is 2. The topological polar surface area (TPSA) is 49.9 Å². The molecule has 0 aliphatic carbocycles. The average molecular weight is 467 g/mol. The molecular formula is C25H23ClN2O3S. The minimum atomic E-state index is -0.533. The molecule has 164 valence electrons. The number of rotatable bonds is 4. The number of carbonyl (C=O) groups excluding carboxylic acids is 2. The number of hydrogen-bond acceptors (Lipinski definition) is 4. The smallest absolute Gasteiger partial charge is 0.410 e. The number of piperidine rings is 1. The van der Waals surface area contributed by atoms with E-state index in [1.807, 2.05) is 40.6 Å². The Kier molecular flexibility index (Phi) is 5.66. The van der Waals surface area contributed by atoms with Gasteiger partial charge in [0.2, 0.25) is 0 Å². The van der Waals surface area contributed by atoms with Gasteiger partial charge < -0.3 is 9.64 Å². The summed E-state index contributed by atoms with van der Waals surface area (Å²) >= 11 is 7.49. The molecule has 5 nitrogen and oxygen atoms in total. The van der Waals surface area contributed by atoms with Crippen molar-refractivity contribution < 1.29 is 14.3 Å². The lowest BCUT2D eigenvalue weighted by molar-refractivity contribution is 0.00328. The molecule has 1 spiro atoms. The van der Waals surface area contributed by atoms with E-state index in [1.54, 1.807) is 11.0 Å². The Balaban J connectivity index is 1.27. The maximum absolute atomic E-state index is 12.8. The molecule has 5 rings (SSSR count). The summed E-state index contributed by atoms with van der Waals surface area (Å²) in [5.41, 5.74) is 2.81. The summed E-state index contributed by atoms with van der Waals surface area (Å²) in [5, 5.41) is 2.32. The van der Waals surface area contributed by atoms with E-state index in [0.717, 1.165) is 16.7 Å². The van der Waals surface area contributed by atoms with E-state index in [1.165, 1.54) is 11.3 Å². The van der Waals surface area contributed by atoms with Crippen molar-refractivity contribution in [3.63, 3.8) is 0 Å². The highest BCUT2D eigenvalue weighted by Crippen LogP contribution is 2.36. The molecular weight excluding hydrogens is 444 g/mol. The lowest BCUT2D eigenvalue weighted by Gasteiger charge is -2.37. The Labute approximate surface area is 196 Å². The van der Waals surface area contributed by atoms with Crippen LogP contribution < -0.4 is 0 Å². The van der Waals surface area contributed by atoms with Crippen LogP contribution in [0, 0.1) is 0 Å². The predicted octanol–water partition coefficient (Wildman–Crippen LogP) is 5.70. The van der Waals surface area contributed by atoms with Gasteiger partial charge in [0.15, 0.2) is 0 Å². The third-order valence-electron chi connectivity index (χ3n) is 6.28. The van der Waals surface area contributed by atoms with Crippen LogP contribution >= 0.6 is 22.9 Å². The highest BCUT2D eigenvalue weighted by Gasteiger charge is 2.47. The quantitative estimate of drug-likeness (QED) is 0.496. The molecule has 1 aromatic heterocycles. The van der Waals surface area contributed by atoms with Gasteiger partial charge in [0.25, 0.3) is 5.91 Å². The summed E-state index contributed by atoms with van der Waals surface area (Å²) in [6.45, 7) is 2.14. The van der Waals surface area contributed by atoms with E-state index in [4.69, 9.17) is 16.3 Å². The van der Waals surface area contributed by atoms with Crippen molar-refractivity contribution in [1.82, 2.24) is 9.80 Å². The highest BCUT2D eigenvalue weighted by atomic mass is 35.5. The summed E-state index contributed by atoms with van der Waals surface area (Å²) in [4.78, 5) is 29.7. The number of likely N-dealkylation sites (tertiary alicyclic amines) is 1. The molecule has 3 aromatic rings. The summed E-state index contributed by atoms with van der Waals surface area (Å²) in [7, 11) is 0. The van der Waals surface area contributed by atoms with E-state index < -0.39 is 5.60 Å². The van der Waals surface area contributed by atoms with Crippen molar-refractivity contribution >= 4 is 34.9 Å². The Bertz CT molecular complexity index is 1140. The first kappa shape index (κ1) is 21.0. The van der Waals surface area contributed by atoms with Crippen LogP contribution in [-0.4, -0.2) is 47.0 Å². The lowest BCUT2D eigenvalue weighted by Crippen LogP contribution is -2.48. The van der Waals surface area contributed by atoms with E-state index in [2.05, 4.69) is 24.3 Å². The Morgan fingerprint density at radius 1 is 1.03 bits per heavy atom. The zero-order chi connectivity index (χ0) is 22.1. The van der Waals surface area contributed by atoms with Crippen LogP contribution in [0.5, 0.6) is 0 Å². The standard InChI is InChI=1S/C25H23ClN2O3S/c26-21-10-15-32-22(21)23(29)27-13-11-25(12-14-27)17-28(24(30)31-25)16-19-8-4-5-9-20(19)18-6-2-1-3-7-18/h1-10,15H,11-14,16-17H2. The van der Waals surface area contributed by atoms with Crippen LogP contribution in [0.4, 0.5) is 4.79 Å². The van der Waals surface area contributed by atoms with Crippen LogP contribution in [0.3, 0.4) is 0 Å². The van der Waals surface area contributed by atoms with E-state index >= 15 is 0 Å². The number of halogens is 1. The number of thiophene rings is 1.